The highest BCUT2D eigenvalue weighted by molar-refractivity contribution is 9.10. The molecule has 25 heavy (non-hydrogen) atoms. The molecule has 0 atom stereocenters. The lowest BCUT2D eigenvalue weighted by Gasteiger charge is -2.19. The van der Waals surface area contributed by atoms with Crippen LogP contribution in [-0.4, -0.2) is 23.6 Å². The Labute approximate surface area is 153 Å². The van der Waals surface area contributed by atoms with Crippen LogP contribution in [0.15, 0.2) is 34.9 Å². The number of nitrogens with zero attached hydrogens (tertiary/aromatic N) is 3. The Balaban J connectivity index is 2.28. The first kappa shape index (κ1) is 19.5. The Morgan fingerprint density at radius 2 is 1.84 bits per heavy atom. The van der Waals surface area contributed by atoms with Crippen LogP contribution in [0.25, 0.3) is 0 Å². The van der Waals surface area contributed by atoms with Crippen molar-refractivity contribution in [3.63, 3.8) is 0 Å². The van der Waals surface area contributed by atoms with E-state index in [4.69, 9.17) is 4.74 Å². The number of halogens is 4. The van der Waals surface area contributed by atoms with Crippen molar-refractivity contribution in [2.75, 3.05) is 18.6 Å². The molecule has 8 heteroatoms. The van der Waals surface area contributed by atoms with Crippen LogP contribution < -0.4 is 9.64 Å². The molecule has 0 bridgehead atoms. The number of ether oxygens (including phenoxy) is 1. The molecular weight excluding hydrogens is 399 g/mol. The molecule has 1 aromatic heterocycles. The summed E-state index contributed by atoms with van der Waals surface area (Å²) >= 11 is 3.34. The van der Waals surface area contributed by atoms with E-state index in [1.54, 1.807) is 11.9 Å². The first-order valence-corrected chi connectivity index (χ1v) is 8.68. The molecule has 0 unspecified atom stereocenters. The van der Waals surface area contributed by atoms with Gasteiger partial charge < -0.3 is 9.64 Å². The van der Waals surface area contributed by atoms with E-state index in [9.17, 15) is 13.2 Å². The Morgan fingerprint density at radius 1 is 1.16 bits per heavy atom. The van der Waals surface area contributed by atoms with Crippen molar-refractivity contribution in [1.29, 1.82) is 0 Å². The van der Waals surface area contributed by atoms with Crippen molar-refractivity contribution >= 4 is 27.6 Å². The highest BCUT2D eigenvalue weighted by Crippen LogP contribution is 2.36. The van der Waals surface area contributed by atoms with E-state index >= 15 is 0 Å². The largest absolute Gasteiger partial charge is 0.477 e. The molecule has 0 saturated carbocycles. The average molecular weight is 418 g/mol. The molecule has 0 saturated heterocycles. The molecule has 0 radical (unpaired) electrons. The zero-order valence-electron chi connectivity index (χ0n) is 14.0. The van der Waals surface area contributed by atoms with E-state index in [0.29, 0.717) is 6.42 Å². The zero-order chi connectivity index (χ0) is 18.4. The Hall–Kier alpha value is -1.83. The molecule has 0 spiro atoms. The first-order chi connectivity index (χ1) is 11.8. The van der Waals surface area contributed by atoms with Crippen LogP contribution in [0, 0.1) is 0 Å². The van der Waals surface area contributed by atoms with Crippen molar-refractivity contribution in [2.45, 2.75) is 32.4 Å². The Kier molecular flexibility index (Phi) is 6.64. The summed E-state index contributed by atoms with van der Waals surface area (Å²) in [5, 5.41) is 0. The van der Waals surface area contributed by atoms with Crippen LogP contribution >= 0.6 is 15.9 Å². The van der Waals surface area contributed by atoms with Crippen LogP contribution in [0.3, 0.4) is 0 Å². The number of benzene rings is 1. The summed E-state index contributed by atoms with van der Waals surface area (Å²) in [6.45, 7) is 2.20. The fraction of sp³-hybridized carbons (Fsp3) is 0.412. The van der Waals surface area contributed by atoms with E-state index < -0.39 is 17.6 Å². The molecule has 0 amide bonds. The lowest BCUT2D eigenvalue weighted by molar-refractivity contribution is -0.139. The molecule has 4 nitrogen and oxygen atoms in total. The number of unbranched alkanes of at least 4 members (excludes halogenated alkanes) is 2. The van der Waals surface area contributed by atoms with Crippen molar-refractivity contribution in [1.82, 2.24) is 9.97 Å². The summed E-state index contributed by atoms with van der Waals surface area (Å²) in [7, 11) is 1.69. The summed E-state index contributed by atoms with van der Waals surface area (Å²) in [6.07, 6.45) is -1.27. The number of rotatable bonds is 7. The second kappa shape index (κ2) is 8.51. The highest BCUT2D eigenvalue weighted by Gasteiger charge is 2.36. The maximum Gasteiger partial charge on any atom is 0.423 e. The minimum atomic E-state index is -4.56. The Morgan fingerprint density at radius 3 is 2.44 bits per heavy atom. The normalized spacial score (nSPS) is 11.4. The minimum Gasteiger partial charge on any atom is -0.477 e. The number of hydrogen-bond donors (Lipinski definition) is 0. The molecule has 2 aromatic rings. The van der Waals surface area contributed by atoms with Crippen LogP contribution in [-0.2, 0) is 6.18 Å². The van der Waals surface area contributed by atoms with Crippen LogP contribution in [0.5, 0.6) is 5.88 Å². The third kappa shape index (κ3) is 5.32. The Bertz CT molecular complexity index is 693. The van der Waals surface area contributed by atoms with E-state index in [0.717, 1.165) is 29.2 Å². The van der Waals surface area contributed by atoms with Gasteiger partial charge in [0, 0.05) is 23.4 Å². The number of anilines is 2. The van der Waals surface area contributed by atoms with Crippen LogP contribution in [0.4, 0.5) is 24.8 Å². The monoisotopic (exact) mass is 417 g/mol. The average Bonchev–Trinajstić information content (AvgIpc) is 2.58. The summed E-state index contributed by atoms with van der Waals surface area (Å²) in [5.41, 5.74) is -0.211. The van der Waals surface area contributed by atoms with Gasteiger partial charge in [-0.1, -0.05) is 35.7 Å². The highest BCUT2D eigenvalue weighted by atomic mass is 79.9. The molecule has 0 aliphatic rings. The third-order valence-electron chi connectivity index (χ3n) is 3.55. The molecule has 136 valence electrons. The van der Waals surface area contributed by atoms with Crippen molar-refractivity contribution < 1.29 is 17.9 Å². The zero-order valence-corrected chi connectivity index (χ0v) is 15.6. The van der Waals surface area contributed by atoms with Crippen LogP contribution in [0.2, 0.25) is 0 Å². The van der Waals surface area contributed by atoms with Crippen LogP contribution in [0.1, 0.15) is 31.7 Å². The molecule has 2 rings (SSSR count). The molecule has 0 N–H and O–H groups in total. The van der Waals surface area contributed by atoms with E-state index in [-0.39, 0.29) is 12.6 Å². The fourth-order valence-corrected chi connectivity index (χ4v) is 2.39. The van der Waals surface area contributed by atoms with E-state index in [2.05, 4.69) is 25.9 Å². The topological polar surface area (TPSA) is 38.2 Å². The number of aromatic nitrogens is 2. The van der Waals surface area contributed by atoms with Gasteiger partial charge in [-0.05, 0) is 30.7 Å². The van der Waals surface area contributed by atoms with Gasteiger partial charge in [-0.3, -0.25) is 0 Å². The van der Waals surface area contributed by atoms with Crippen molar-refractivity contribution in [3.05, 3.63) is 40.5 Å². The molecule has 1 heterocycles. The predicted octanol–water partition coefficient (Wildman–Crippen LogP) is 5.59. The van der Waals surface area contributed by atoms with Gasteiger partial charge in [0.05, 0.1) is 6.61 Å². The standard InChI is InChI=1S/C17H19BrF3N3O/c1-3-4-5-10-25-15-14(17(19,20)21)11-22-16(23-15)24(2)13-8-6-12(18)7-9-13/h6-9,11H,3-5,10H2,1-2H3. The maximum atomic E-state index is 13.1. The third-order valence-corrected chi connectivity index (χ3v) is 4.08. The van der Waals surface area contributed by atoms with E-state index in [1.165, 1.54) is 0 Å². The maximum absolute atomic E-state index is 13.1. The molecule has 0 aliphatic heterocycles. The summed E-state index contributed by atoms with van der Waals surface area (Å²) < 4.78 is 45.6. The molecule has 0 aliphatic carbocycles. The number of hydrogen-bond acceptors (Lipinski definition) is 4. The number of alkyl halides is 3. The smallest absolute Gasteiger partial charge is 0.423 e. The predicted molar refractivity (Wildman–Crippen MR) is 94.3 cm³/mol. The van der Waals surface area contributed by atoms with Gasteiger partial charge in [0.1, 0.15) is 5.56 Å². The second-order valence-corrected chi connectivity index (χ2v) is 6.39. The van der Waals surface area contributed by atoms with Gasteiger partial charge in [-0.2, -0.15) is 18.2 Å². The minimum absolute atomic E-state index is 0.140. The van der Waals surface area contributed by atoms with Gasteiger partial charge in [0.2, 0.25) is 11.8 Å². The van der Waals surface area contributed by atoms with Gasteiger partial charge >= 0.3 is 6.18 Å². The first-order valence-electron chi connectivity index (χ1n) is 7.89. The van der Waals surface area contributed by atoms with Gasteiger partial charge in [0.25, 0.3) is 0 Å². The van der Waals surface area contributed by atoms with Gasteiger partial charge in [-0.15, -0.1) is 0 Å². The quantitative estimate of drug-likeness (QED) is 0.549. The molecular formula is C17H19BrF3N3O. The van der Waals surface area contributed by atoms with Crippen molar-refractivity contribution in [3.8, 4) is 5.88 Å². The summed E-state index contributed by atoms with van der Waals surface area (Å²) in [4.78, 5) is 9.45. The lowest BCUT2D eigenvalue weighted by atomic mass is 10.2. The fourth-order valence-electron chi connectivity index (χ4n) is 2.12. The van der Waals surface area contributed by atoms with Crippen molar-refractivity contribution in [2.24, 2.45) is 0 Å². The van der Waals surface area contributed by atoms with Gasteiger partial charge in [0.15, 0.2) is 0 Å². The summed E-state index contributed by atoms with van der Waals surface area (Å²) in [6, 6.07) is 7.29. The van der Waals surface area contributed by atoms with Gasteiger partial charge in [-0.25, -0.2) is 4.98 Å². The van der Waals surface area contributed by atoms with E-state index in [1.807, 2.05) is 31.2 Å². The molecule has 1 aromatic carbocycles. The lowest BCUT2D eigenvalue weighted by Crippen LogP contribution is -2.17. The molecule has 0 fully saturated rings. The SMILES string of the molecule is CCCCCOc1nc(N(C)c2ccc(Br)cc2)ncc1C(F)(F)F. The summed E-state index contributed by atoms with van der Waals surface area (Å²) in [5.74, 6) is -0.293. The second-order valence-electron chi connectivity index (χ2n) is 5.48.